The number of pyridine rings is 1. The Morgan fingerprint density at radius 3 is 2.37 bits per heavy atom. The van der Waals surface area contributed by atoms with Gasteiger partial charge in [-0.25, -0.2) is 4.39 Å². The van der Waals surface area contributed by atoms with E-state index in [1.165, 1.54) is 12.1 Å². The second-order valence-electron chi connectivity index (χ2n) is 7.86. The fraction of sp³-hybridized carbons (Fsp3) is 0.304. The minimum atomic E-state index is -4.49. The summed E-state index contributed by atoms with van der Waals surface area (Å²) in [5, 5.41) is 11.0. The number of nitrogens with one attached hydrogen (secondary N) is 1. The minimum Gasteiger partial charge on any atom is -0.472 e. The molecule has 3 aromatic rings. The van der Waals surface area contributed by atoms with Gasteiger partial charge in [0.2, 0.25) is 12.3 Å². The van der Waals surface area contributed by atoms with Crippen LogP contribution in [0.2, 0.25) is 0 Å². The summed E-state index contributed by atoms with van der Waals surface area (Å²) in [6.07, 6.45) is -2.59. The molecule has 12 heteroatoms. The molecule has 8 nitrogen and oxygen atoms in total. The molecule has 184 valence electrons. The van der Waals surface area contributed by atoms with E-state index in [1.807, 2.05) is 11.0 Å². The minimum absolute atomic E-state index is 0.0115. The van der Waals surface area contributed by atoms with Crippen LogP contribution >= 0.6 is 0 Å². The molecular weight excluding hydrogens is 468 g/mol. The Balaban J connectivity index is 1.27. The molecule has 1 saturated heterocycles. The lowest BCUT2D eigenvalue weighted by molar-refractivity contribution is -0.141. The summed E-state index contributed by atoms with van der Waals surface area (Å²) in [6.45, 7) is 2.58. The van der Waals surface area contributed by atoms with E-state index in [0.29, 0.717) is 49.8 Å². The van der Waals surface area contributed by atoms with Crippen molar-refractivity contribution in [1.82, 2.24) is 20.1 Å². The number of hydrogen-bond acceptors (Lipinski definition) is 7. The molecule has 0 saturated carbocycles. The normalized spacial score (nSPS) is 14.1. The van der Waals surface area contributed by atoms with Gasteiger partial charge in [-0.3, -0.25) is 9.78 Å². The first-order chi connectivity index (χ1) is 16.8. The van der Waals surface area contributed by atoms with Gasteiger partial charge in [-0.2, -0.15) is 13.2 Å². The van der Waals surface area contributed by atoms with Gasteiger partial charge in [0.15, 0.2) is 0 Å². The molecule has 35 heavy (non-hydrogen) atoms. The summed E-state index contributed by atoms with van der Waals surface area (Å²) in [5.74, 6) is 0.306. The van der Waals surface area contributed by atoms with Crippen molar-refractivity contribution in [2.24, 2.45) is 0 Å². The molecule has 0 atom stereocenters. The molecule has 1 aliphatic heterocycles. The van der Waals surface area contributed by atoms with Crippen LogP contribution in [0.1, 0.15) is 16.8 Å². The van der Waals surface area contributed by atoms with Gasteiger partial charge in [0, 0.05) is 50.6 Å². The van der Waals surface area contributed by atoms with Crippen molar-refractivity contribution >= 4 is 17.9 Å². The molecule has 2 aromatic heterocycles. The van der Waals surface area contributed by atoms with Gasteiger partial charge in [-0.15, -0.1) is 10.2 Å². The SMILES string of the molecule is O=CN1CCN(c2ccc(CNc3ccc(OCc4ccc(C(F)(F)F)nc4)nn3)cc2F)CC1. The molecule has 0 unspecified atom stereocenters. The molecule has 4 rings (SSSR count). The maximum Gasteiger partial charge on any atom is 0.433 e. The molecular formula is C23H22F4N6O2. The zero-order valence-electron chi connectivity index (χ0n) is 18.5. The molecule has 3 heterocycles. The molecule has 1 N–H and O–H groups in total. The van der Waals surface area contributed by atoms with Crippen molar-refractivity contribution in [2.45, 2.75) is 19.3 Å². The van der Waals surface area contributed by atoms with E-state index in [4.69, 9.17) is 4.74 Å². The van der Waals surface area contributed by atoms with Gasteiger partial charge in [-0.1, -0.05) is 12.1 Å². The van der Waals surface area contributed by atoms with E-state index in [1.54, 1.807) is 23.1 Å². The Labute approximate surface area is 198 Å². The molecule has 0 aliphatic carbocycles. The van der Waals surface area contributed by atoms with Crippen LogP contribution in [0.5, 0.6) is 5.88 Å². The fourth-order valence-electron chi connectivity index (χ4n) is 3.50. The van der Waals surface area contributed by atoms with E-state index >= 15 is 0 Å². The Bertz CT molecular complexity index is 1130. The van der Waals surface area contributed by atoms with E-state index in [9.17, 15) is 22.4 Å². The quantitative estimate of drug-likeness (QED) is 0.382. The number of benzene rings is 1. The lowest BCUT2D eigenvalue weighted by Gasteiger charge is -2.34. The highest BCUT2D eigenvalue weighted by atomic mass is 19.4. The number of nitrogens with zero attached hydrogens (tertiary/aromatic N) is 5. The maximum atomic E-state index is 14.6. The van der Waals surface area contributed by atoms with E-state index in [2.05, 4.69) is 20.5 Å². The van der Waals surface area contributed by atoms with Gasteiger partial charge in [0.05, 0.1) is 5.69 Å². The predicted molar refractivity (Wildman–Crippen MR) is 119 cm³/mol. The first-order valence-electron chi connectivity index (χ1n) is 10.8. The Morgan fingerprint density at radius 2 is 1.77 bits per heavy atom. The number of carbonyl (C=O) groups excluding carboxylic acids is 1. The zero-order chi connectivity index (χ0) is 24.8. The second kappa shape index (κ2) is 10.5. The third-order valence-corrected chi connectivity index (χ3v) is 5.43. The van der Waals surface area contributed by atoms with Gasteiger partial charge in [-0.05, 0) is 29.8 Å². The fourth-order valence-corrected chi connectivity index (χ4v) is 3.50. The molecule has 1 aromatic carbocycles. The number of amides is 1. The van der Waals surface area contributed by atoms with E-state index < -0.39 is 11.9 Å². The highest BCUT2D eigenvalue weighted by Gasteiger charge is 2.32. The van der Waals surface area contributed by atoms with Crippen LogP contribution in [0.15, 0.2) is 48.7 Å². The number of rotatable bonds is 8. The third kappa shape index (κ3) is 6.34. The van der Waals surface area contributed by atoms with Crippen LogP contribution in [-0.2, 0) is 24.1 Å². The molecule has 1 aliphatic rings. The van der Waals surface area contributed by atoms with Crippen molar-refractivity contribution in [1.29, 1.82) is 0 Å². The average Bonchev–Trinajstić information content (AvgIpc) is 2.87. The maximum absolute atomic E-state index is 14.6. The number of ether oxygens (including phenoxy) is 1. The van der Waals surface area contributed by atoms with Gasteiger partial charge >= 0.3 is 6.18 Å². The van der Waals surface area contributed by atoms with Crippen molar-refractivity contribution in [3.05, 3.63) is 71.3 Å². The first-order valence-corrected chi connectivity index (χ1v) is 10.8. The summed E-state index contributed by atoms with van der Waals surface area (Å²) in [4.78, 5) is 17.8. The number of carbonyl (C=O) groups is 1. The third-order valence-electron chi connectivity index (χ3n) is 5.43. The summed E-state index contributed by atoms with van der Waals surface area (Å²) in [6, 6.07) is 10.4. The van der Waals surface area contributed by atoms with Gasteiger partial charge < -0.3 is 19.9 Å². The van der Waals surface area contributed by atoms with Crippen molar-refractivity contribution < 1.29 is 27.1 Å². The number of halogens is 4. The topological polar surface area (TPSA) is 83.5 Å². The summed E-state index contributed by atoms with van der Waals surface area (Å²) in [5.41, 5.74) is 0.708. The van der Waals surface area contributed by atoms with Gasteiger partial charge in [0.25, 0.3) is 0 Å². The number of alkyl halides is 3. The smallest absolute Gasteiger partial charge is 0.433 e. The monoisotopic (exact) mass is 490 g/mol. The lowest BCUT2D eigenvalue weighted by atomic mass is 10.1. The van der Waals surface area contributed by atoms with Crippen LogP contribution in [0.3, 0.4) is 0 Å². The van der Waals surface area contributed by atoms with Crippen molar-refractivity contribution in [3.8, 4) is 5.88 Å². The Morgan fingerprint density at radius 1 is 1.00 bits per heavy atom. The summed E-state index contributed by atoms with van der Waals surface area (Å²) >= 11 is 0. The molecule has 0 bridgehead atoms. The second-order valence-corrected chi connectivity index (χ2v) is 7.86. The standard InChI is InChI=1S/C23H22F4N6O2/c24-18-11-16(1-3-19(18)33-9-7-32(15-34)8-10-33)12-29-21-5-6-22(31-30-21)35-14-17-2-4-20(28-13-17)23(25,26)27/h1-6,11,13,15H,7-10,12,14H2,(H,29,30). The van der Waals surface area contributed by atoms with Crippen molar-refractivity contribution in [2.75, 3.05) is 36.4 Å². The van der Waals surface area contributed by atoms with Gasteiger partial charge in [0.1, 0.15) is 23.9 Å². The summed E-state index contributed by atoms with van der Waals surface area (Å²) < 4.78 is 57.8. The molecule has 1 amide bonds. The predicted octanol–water partition coefficient (Wildman–Crippen LogP) is 3.50. The number of piperazine rings is 1. The average molecular weight is 490 g/mol. The van der Waals surface area contributed by atoms with Crippen LogP contribution in [0.25, 0.3) is 0 Å². The van der Waals surface area contributed by atoms with Crippen LogP contribution in [0.4, 0.5) is 29.1 Å². The highest BCUT2D eigenvalue weighted by Crippen LogP contribution is 2.27. The van der Waals surface area contributed by atoms with Crippen molar-refractivity contribution in [3.63, 3.8) is 0 Å². The molecule has 0 spiro atoms. The number of anilines is 2. The number of hydrogen-bond donors (Lipinski definition) is 1. The largest absolute Gasteiger partial charge is 0.472 e. The van der Waals surface area contributed by atoms with Crippen LogP contribution in [0, 0.1) is 5.82 Å². The Kier molecular flexibility index (Phi) is 7.28. The zero-order valence-corrected chi connectivity index (χ0v) is 18.5. The molecule has 0 radical (unpaired) electrons. The Hall–Kier alpha value is -3.96. The van der Waals surface area contributed by atoms with E-state index in [-0.39, 0.29) is 18.3 Å². The number of aromatic nitrogens is 3. The van der Waals surface area contributed by atoms with Crippen LogP contribution < -0.4 is 15.0 Å². The lowest BCUT2D eigenvalue weighted by Crippen LogP contribution is -2.46. The summed E-state index contributed by atoms with van der Waals surface area (Å²) in [7, 11) is 0. The van der Waals surface area contributed by atoms with Crippen LogP contribution in [-0.4, -0.2) is 52.7 Å². The van der Waals surface area contributed by atoms with E-state index in [0.717, 1.165) is 24.2 Å². The first kappa shape index (κ1) is 24.2. The molecule has 1 fully saturated rings. The highest BCUT2D eigenvalue weighted by molar-refractivity contribution is 5.52.